The summed E-state index contributed by atoms with van der Waals surface area (Å²) in [6, 6.07) is 6.53. The molecule has 1 rings (SSSR count). The molecular formula is C10H11NO7S. The minimum atomic E-state index is -5.15. The molecule has 1 aromatic rings. The highest BCUT2D eigenvalue weighted by atomic mass is 32.2. The lowest BCUT2D eigenvalue weighted by Gasteiger charge is -2.27. The molecule has 104 valence electrons. The molecule has 0 heterocycles. The summed E-state index contributed by atoms with van der Waals surface area (Å²) >= 11 is 0. The molecule has 0 saturated heterocycles. The second-order valence-electron chi connectivity index (χ2n) is 3.57. The largest absolute Gasteiger partial charge is 0.480 e. The highest BCUT2D eigenvalue weighted by molar-refractivity contribution is 7.87. The SMILES string of the molecule is O=C(O)CNC(C(=O)O)(c1ccccc1)S(=O)(=O)O. The summed E-state index contributed by atoms with van der Waals surface area (Å²) in [4.78, 5) is 18.9. The number of rotatable bonds is 6. The predicted octanol–water partition coefficient (Wildman–Crippen LogP) is -0.514. The van der Waals surface area contributed by atoms with E-state index in [2.05, 4.69) is 0 Å². The Morgan fingerprint density at radius 1 is 1.16 bits per heavy atom. The van der Waals surface area contributed by atoms with Crippen molar-refractivity contribution in [1.82, 2.24) is 5.32 Å². The molecule has 8 nitrogen and oxygen atoms in total. The minimum absolute atomic E-state index is 0.300. The fourth-order valence-electron chi connectivity index (χ4n) is 1.52. The molecule has 0 aliphatic rings. The maximum atomic E-state index is 11.4. The highest BCUT2D eigenvalue weighted by Gasteiger charge is 2.52. The van der Waals surface area contributed by atoms with E-state index in [1.165, 1.54) is 18.2 Å². The van der Waals surface area contributed by atoms with E-state index in [1.54, 1.807) is 0 Å². The van der Waals surface area contributed by atoms with Crippen LogP contribution in [0.5, 0.6) is 0 Å². The Kier molecular flexibility index (Phi) is 4.24. The third-order valence-corrected chi connectivity index (χ3v) is 3.69. The number of nitrogens with one attached hydrogen (secondary N) is 1. The summed E-state index contributed by atoms with van der Waals surface area (Å²) in [6.45, 7) is -0.957. The number of aliphatic carboxylic acids is 2. The van der Waals surface area contributed by atoms with Crippen LogP contribution < -0.4 is 5.32 Å². The van der Waals surface area contributed by atoms with Crippen LogP contribution in [0.4, 0.5) is 0 Å². The van der Waals surface area contributed by atoms with Gasteiger partial charge in [0.15, 0.2) is 0 Å². The summed E-state index contributed by atoms with van der Waals surface area (Å²) in [5.74, 6) is -3.40. The number of carboxylic acids is 2. The van der Waals surface area contributed by atoms with Crippen LogP contribution in [-0.2, 0) is 24.6 Å². The number of benzene rings is 1. The van der Waals surface area contributed by atoms with Gasteiger partial charge < -0.3 is 10.2 Å². The maximum absolute atomic E-state index is 11.4. The summed E-state index contributed by atoms with van der Waals surface area (Å²) in [5.41, 5.74) is -0.300. The molecule has 9 heteroatoms. The summed E-state index contributed by atoms with van der Waals surface area (Å²) < 4.78 is 32.1. The van der Waals surface area contributed by atoms with Crippen LogP contribution in [0, 0.1) is 0 Å². The summed E-state index contributed by atoms with van der Waals surface area (Å²) in [6.07, 6.45) is 0. The molecule has 0 radical (unpaired) electrons. The normalized spacial score (nSPS) is 14.6. The van der Waals surface area contributed by atoms with E-state index in [1.807, 2.05) is 5.32 Å². The van der Waals surface area contributed by atoms with E-state index in [0.717, 1.165) is 12.1 Å². The maximum Gasteiger partial charge on any atom is 0.347 e. The van der Waals surface area contributed by atoms with Gasteiger partial charge in [0.25, 0.3) is 15.0 Å². The van der Waals surface area contributed by atoms with E-state index >= 15 is 0 Å². The van der Waals surface area contributed by atoms with Gasteiger partial charge in [0, 0.05) is 5.56 Å². The molecule has 0 bridgehead atoms. The van der Waals surface area contributed by atoms with Gasteiger partial charge in [-0.15, -0.1) is 0 Å². The van der Waals surface area contributed by atoms with Crippen LogP contribution in [0.1, 0.15) is 5.56 Å². The lowest BCUT2D eigenvalue weighted by molar-refractivity contribution is -0.142. The Morgan fingerprint density at radius 3 is 2.05 bits per heavy atom. The summed E-state index contributed by atoms with van der Waals surface area (Å²) in [5, 5.41) is 19.5. The average Bonchev–Trinajstić information content (AvgIpc) is 2.28. The third-order valence-electron chi connectivity index (χ3n) is 2.36. The first-order valence-corrected chi connectivity index (χ1v) is 6.38. The lowest BCUT2D eigenvalue weighted by atomic mass is 10.1. The molecule has 1 aromatic carbocycles. The Balaban J connectivity index is 3.46. The first-order valence-electron chi connectivity index (χ1n) is 4.94. The lowest BCUT2D eigenvalue weighted by Crippen LogP contribution is -2.56. The van der Waals surface area contributed by atoms with Crippen molar-refractivity contribution in [2.24, 2.45) is 0 Å². The van der Waals surface area contributed by atoms with Gasteiger partial charge >= 0.3 is 11.9 Å². The Hall–Kier alpha value is -1.97. The van der Waals surface area contributed by atoms with E-state index < -0.39 is 33.5 Å². The van der Waals surface area contributed by atoms with Crippen molar-refractivity contribution in [1.29, 1.82) is 0 Å². The smallest absolute Gasteiger partial charge is 0.347 e. The molecule has 0 aliphatic carbocycles. The number of carboxylic acid groups (broad SMARTS) is 2. The van der Waals surface area contributed by atoms with Gasteiger partial charge in [-0.2, -0.15) is 8.42 Å². The zero-order chi connectivity index (χ0) is 14.7. The highest BCUT2D eigenvalue weighted by Crippen LogP contribution is 2.27. The molecule has 0 spiro atoms. The van der Waals surface area contributed by atoms with Gasteiger partial charge in [-0.1, -0.05) is 30.3 Å². The quantitative estimate of drug-likeness (QED) is 0.513. The molecule has 4 N–H and O–H groups in total. The first kappa shape index (κ1) is 15.1. The molecule has 19 heavy (non-hydrogen) atoms. The van der Waals surface area contributed by atoms with Gasteiger partial charge in [0.1, 0.15) is 0 Å². The van der Waals surface area contributed by atoms with Crippen LogP contribution in [-0.4, -0.2) is 41.7 Å². The van der Waals surface area contributed by atoms with Crippen molar-refractivity contribution in [3.63, 3.8) is 0 Å². The Bertz CT molecular complexity index is 583. The molecule has 0 saturated carbocycles. The Morgan fingerprint density at radius 2 is 1.68 bits per heavy atom. The molecule has 0 fully saturated rings. The van der Waals surface area contributed by atoms with Crippen LogP contribution in [0.2, 0.25) is 0 Å². The van der Waals surface area contributed by atoms with Crippen LogP contribution in [0.15, 0.2) is 30.3 Å². The van der Waals surface area contributed by atoms with Crippen molar-refractivity contribution in [3.8, 4) is 0 Å². The number of hydrogen-bond acceptors (Lipinski definition) is 5. The standard InChI is InChI=1S/C10H11NO7S/c12-8(13)6-11-10(9(14)15,19(16,17)18)7-4-2-1-3-5-7/h1-5,11H,6H2,(H,12,13)(H,14,15)(H,16,17,18). The van der Waals surface area contributed by atoms with Gasteiger partial charge in [0.05, 0.1) is 6.54 Å². The fraction of sp³-hybridized carbons (Fsp3) is 0.200. The van der Waals surface area contributed by atoms with E-state index in [0.29, 0.717) is 0 Å². The van der Waals surface area contributed by atoms with Crippen molar-refractivity contribution in [2.45, 2.75) is 4.87 Å². The Labute approximate surface area is 108 Å². The van der Waals surface area contributed by atoms with Gasteiger partial charge in [0.2, 0.25) is 0 Å². The van der Waals surface area contributed by atoms with E-state index in [4.69, 9.17) is 10.2 Å². The van der Waals surface area contributed by atoms with Gasteiger partial charge in [-0.3, -0.25) is 14.7 Å². The zero-order valence-corrected chi connectivity index (χ0v) is 10.3. The zero-order valence-electron chi connectivity index (χ0n) is 9.48. The van der Waals surface area contributed by atoms with E-state index in [9.17, 15) is 22.6 Å². The molecule has 1 atom stereocenters. The fourth-order valence-corrected chi connectivity index (χ4v) is 2.43. The monoisotopic (exact) mass is 289 g/mol. The van der Waals surface area contributed by atoms with Gasteiger partial charge in [-0.05, 0) is 0 Å². The van der Waals surface area contributed by atoms with Crippen molar-refractivity contribution in [3.05, 3.63) is 35.9 Å². The molecule has 0 aliphatic heterocycles. The first-order chi connectivity index (χ1) is 8.72. The number of hydrogen-bond donors (Lipinski definition) is 4. The van der Waals surface area contributed by atoms with Crippen LogP contribution in [0.3, 0.4) is 0 Å². The van der Waals surface area contributed by atoms with Crippen molar-refractivity contribution in [2.75, 3.05) is 6.54 Å². The topological polar surface area (TPSA) is 141 Å². The second kappa shape index (κ2) is 5.34. The minimum Gasteiger partial charge on any atom is -0.480 e. The average molecular weight is 289 g/mol. The second-order valence-corrected chi connectivity index (χ2v) is 5.14. The number of carbonyl (C=O) groups is 2. The molecule has 0 amide bonds. The van der Waals surface area contributed by atoms with Crippen LogP contribution in [0.25, 0.3) is 0 Å². The molecule has 0 aromatic heterocycles. The molecule has 1 unspecified atom stereocenters. The molecular weight excluding hydrogens is 278 g/mol. The van der Waals surface area contributed by atoms with Crippen LogP contribution >= 0.6 is 0 Å². The van der Waals surface area contributed by atoms with Gasteiger partial charge in [-0.25, -0.2) is 4.79 Å². The predicted molar refractivity (Wildman–Crippen MR) is 62.9 cm³/mol. The van der Waals surface area contributed by atoms with E-state index in [-0.39, 0.29) is 5.56 Å². The third kappa shape index (κ3) is 2.89. The van der Waals surface area contributed by atoms with Crippen molar-refractivity contribution < 1.29 is 32.8 Å². The van der Waals surface area contributed by atoms with Crippen molar-refractivity contribution >= 4 is 22.1 Å². The summed E-state index contributed by atoms with van der Waals surface area (Å²) in [7, 11) is -5.15.